The highest BCUT2D eigenvalue weighted by Gasteiger charge is 2.14. The Morgan fingerprint density at radius 3 is 2.54 bits per heavy atom. The van der Waals surface area contributed by atoms with Crippen LogP contribution in [0.1, 0.15) is 31.2 Å². The Morgan fingerprint density at radius 1 is 1.18 bits per heavy atom. The molecule has 0 radical (unpaired) electrons. The maximum absolute atomic E-state index is 12.2. The van der Waals surface area contributed by atoms with Gasteiger partial charge in [-0.05, 0) is 42.2 Å². The number of thiazole rings is 1. The Kier molecular flexibility index (Phi) is 6.06. The first-order valence-corrected chi connectivity index (χ1v) is 10.2. The molecular formula is C22H23ClN2O2S. The number of halogens is 1. The molecule has 2 aromatic carbocycles. The SMILES string of the molecule is Cc1sc(NC(=O)COc2ccc(C(C)(C)C)cc2)nc1-c1cccc(Cl)c1. The summed E-state index contributed by atoms with van der Waals surface area (Å²) >= 11 is 7.49. The second-order valence-electron chi connectivity index (χ2n) is 7.55. The number of nitrogens with one attached hydrogen (secondary N) is 1. The summed E-state index contributed by atoms with van der Waals surface area (Å²) in [5, 5.41) is 4.00. The van der Waals surface area contributed by atoms with Crippen LogP contribution in [0, 0.1) is 6.92 Å². The third-order valence-corrected chi connectivity index (χ3v) is 5.35. The van der Waals surface area contributed by atoms with Gasteiger partial charge in [-0.15, -0.1) is 11.3 Å². The number of ether oxygens (including phenoxy) is 1. The van der Waals surface area contributed by atoms with Gasteiger partial charge < -0.3 is 4.74 Å². The van der Waals surface area contributed by atoms with E-state index in [4.69, 9.17) is 16.3 Å². The molecule has 4 nitrogen and oxygen atoms in total. The molecule has 0 spiro atoms. The van der Waals surface area contributed by atoms with Gasteiger partial charge in [0.15, 0.2) is 11.7 Å². The van der Waals surface area contributed by atoms with Gasteiger partial charge in [-0.2, -0.15) is 0 Å². The van der Waals surface area contributed by atoms with E-state index in [0.717, 1.165) is 16.1 Å². The van der Waals surface area contributed by atoms with Gasteiger partial charge in [0, 0.05) is 15.5 Å². The first kappa shape index (κ1) is 20.4. The van der Waals surface area contributed by atoms with E-state index in [0.29, 0.717) is 15.9 Å². The number of rotatable bonds is 5. The number of aromatic nitrogens is 1. The summed E-state index contributed by atoms with van der Waals surface area (Å²) in [4.78, 5) is 17.8. The molecule has 1 aromatic heterocycles. The molecule has 1 heterocycles. The lowest BCUT2D eigenvalue weighted by molar-refractivity contribution is -0.118. The first-order valence-electron chi connectivity index (χ1n) is 8.99. The summed E-state index contributed by atoms with van der Waals surface area (Å²) in [6.45, 7) is 8.37. The van der Waals surface area contributed by atoms with Crippen LogP contribution in [0.2, 0.25) is 5.02 Å². The lowest BCUT2D eigenvalue weighted by Gasteiger charge is -2.19. The normalized spacial score (nSPS) is 11.3. The van der Waals surface area contributed by atoms with Crippen molar-refractivity contribution >= 4 is 34.0 Å². The molecule has 3 aromatic rings. The Labute approximate surface area is 174 Å². The Morgan fingerprint density at radius 2 is 1.89 bits per heavy atom. The third kappa shape index (κ3) is 5.12. The van der Waals surface area contributed by atoms with E-state index in [9.17, 15) is 4.79 Å². The van der Waals surface area contributed by atoms with E-state index < -0.39 is 0 Å². The second kappa shape index (κ2) is 8.33. The van der Waals surface area contributed by atoms with Gasteiger partial charge in [-0.1, -0.05) is 56.6 Å². The molecule has 0 fully saturated rings. The summed E-state index contributed by atoms with van der Waals surface area (Å²) in [7, 11) is 0. The smallest absolute Gasteiger partial charge is 0.264 e. The van der Waals surface area contributed by atoms with Crippen LogP contribution < -0.4 is 10.1 Å². The average molecular weight is 415 g/mol. The maximum atomic E-state index is 12.2. The number of hydrogen-bond donors (Lipinski definition) is 1. The highest BCUT2D eigenvalue weighted by Crippen LogP contribution is 2.31. The molecule has 0 atom stereocenters. The molecule has 1 N–H and O–H groups in total. The minimum absolute atomic E-state index is 0.0695. The number of hydrogen-bond acceptors (Lipinski definition) is 4. The van der Waals surface area contributed by atoms with Crippen molar-refractivity contribution in [2.24, 2.45) is 0 Å². The van der Waals surface area contributed by atoms with Gasteiger partial charge in [-0.25, -0.2) is 4.98 Å². The molecule has 1 amide bonds. The highest BCUT2D eigenvalue weighted by atomic mass is 35.5. The molecular weight excluding hydrogens is 392 g/mol. The lowest BCUT2D eigenvalue weighted by Crippen LogP contribution is -2.20. The zero-order valence-corrected chi connectivity index (χ0v) is 17.9. The molecule has 146 valence electrons. The van der Waals surface area contributed by atoms with Crippen LogP contribution in [-0.4, -0.2) is 17.5 Å². The van der Waals surface area contributed by atoms with Gasteiger partial charge in [0.05, 0.1) is 5.69 Å². The molecule has 0 aliphatic rings. The molecule has 0 bridgehead atoms. The summed E-state index contributed by atoms with van der Waals surface area (Å²) < 4.78 is 5.59. The van der Waals surface area contributed by atoms with E-state index in [1.165, 1.54) is 16.9 Å². The van der Waals surface area contributed by atoms with Crippen LogP contribution in [0.15, 0.2) is 48.5 Å². The van der Waals surface area contributed by atoms with Crippen molar-refractivity contribution in [3.63, 3.8) is 0 Å². The number of benzene rings is 2. The molecule has 0 saturated carbocycles. The molecule has 6 heteroatoms. The van der Waals surface area contributed by atoms with Crippen LogP contribution in [0.25, 0.3) is 11.3 Å². The average Bonchev–Trinajstić information content (AvgIpc) is 3.00. The molecule has 0 saturated heterocycles. The van der Waals surface area contributed by atoms with Gasteiger partial charge >= 0.3 is 0 Å². The largest absolute Gasteiger partial charge is 0.484 e. The van der Waals surface area contributed by atoms with E-state index in [1.54, 1.807) is 0 Å². The minimum atomic E-state index is -0.244. The van der Waals surface area contributed by atoms with Gasteiger partial charge in [0.2, 0.25) is 0 Å². The maximum Gasteiger partial charge on any atom is 0.264 e. The third-order valence-electron chi connectivity index (χ3n) is 4.23. The molecule has 0 aliphatic carbocycles. The van der Waals surface area contributed by atoms with Crippen LogP contribution in [-0.2, 0) is 10.2 Å². The summed E-state index contributed by atoms with van der Waals surface area (Å²) in [5.41, 5.74) is 3.05. The van der Waals surface area contributed by atoms with E-state index in [1.807, 2.05) is 55.5 Å². The number of nitrogens with zero attached hydrogens (tertiary/aromatic N) is 1. The van der Waals surface area contributed by atoms with E-state index in [-0.39, 0.29) is 17.9 Å². The Balaban J connectivity index is 1.60. The summed E-state index contributed by atoms with van der Waals surface area (Å²) in [6, 6.07) is 15.3. The van der Waals surface area contributed by atoms with Crippen molar-refractivity contribution in [1.29, 1.82) is 0 Å². The number of carbonyl (C=O) groups is 1. The molecule has 28 heavy (non-hydrogen) atoms. The van der Waals surface area contributed by atoms with Crippen LogP contribution in [0.4, 0.5) is 5.13 Å². The second-order valence-corrected chi connectivity index (χ2v) is 9.19. The van der Waals surface area contributed by atoms with Gasteiger partial charge in [0.1, 0.15) is 5.75 Å². The summed E-state index contributed by atoms with van der Waals surface area (Å²) in [5.74, 6) is 0.421. The van der Waals surface area contributed by atoms with Crippen molar-refractivity contribution in [1.82, 2.24) is 4.98 Å². The number of carbonyl (C=O) groups excluding carboxylic acids is 1. The van der Waals surface area contributed by atoms with Crippen molar-refractivity contribution in [2.75, 3.05) is 11.9 Å². The summed E-state index contributed by atoms with van der Waals surface area (Å²) in [6.07, 6.45) is 0. The quantitative estimate of drug-likeness (QED) is 0.549. The fourth-order valence-corrected chi connectivity index (χ4v) is 3.75. The zero-order valence-electron chi connectivity index (χ0n) is 16.4. The highest BCUT2D eigenvalue weighted by molar-refractivity contribution is 7.16. The zero-order chi connectivity index (χ0) is 20.3. The topological polar surface area (TPSA) is 51.2 Å². The van der Waals surface area contributed by atoms with E-state index in [2.05, 4.69) is 31.1 Å². The van der Waals surface area contributed by atoms with Crippen LogP contribution >= 0.6 is 22.9 Å². The van der Waals surface area contributed by atoms with Crippen molar-refractivity contribution in [3.8, 4) is 17.0 Å². The molecule has 0 unspecified atom stereocenters. The van der Waals surface area contributed by atoms with Crippen LogP contribution in [0.5, 0.6) is 5.75 Å². The minimum Gasteiger partial charge on any atom is -0.484 e. The lowest BCUT2D eigenvalue weighted by atomic mass is 9.87. The predicted octanol–water partition coefficient (Wildman–Crippen LogP) is 6.09. The van der Waals surface area contributed by atoms with Crippen LogP contribution in [0.3, 0.4) is 0 Å². The predicted molar refractivity (Wildman–Crippen MR) is 117 cm³/mol. The van der Waals surface area contributed by atoms with Crippen molar-refractivity contribution < 1.29 is 9.53 Å². The number of amides is 1. The Bertz CT molecular complexity index is 975. The van der Waals surface area contributed by atoms with Gasteiger partial charge in [-0.3, -0.25) is 10.1 Å². The molecule has 0 aliphatic heterocycles. The number of anilines is 1. The molecule has 3 rings (SSSR count). The standard InChI is InChI=1S/C22H23ClN2O2S/c1-14-20(15-6-5-7-17(23)12-15)25-21(28-14)24-19(26)13-27-18-10-8-16(9-11-18)22(2,3)4/h5-12H,13H2,1-4H3,(H,24,25,26). The van der Waals surface area contributed by atoms with E-state index >= 15 is 0 Å². The van der Waals surface area contributed by atoms with Gasteiger partial charge in [0.25, 0.3) is 5.91 Å². The van der Waals surface area contributed by atoms with Crippen molar-refractivity contribution in [3.05, 3.63) is 64.0 Å². The Hall–Kier alpha value is -2.37. The fourth-order valence-electron chi connectivity index (χ4n) is 2.71. The monoisotopic (exact) mass is 414 g/mol. The first-order chi connectivity index (χ1) is 13.2. The number of aryl methyl sites for hydroxylation is 1. The van der Waals surface area contributed by atoms with Crippen molar-refractivity contribution in [2.45, 2.75) is 33.1 Å². The fraction of sp³-hybridized carbons (Fsp3) is 0.273.